The number of benzene rings is 2. The van der Waals surface area contributed by atoms with Gasteiger partial charge in [0.2, 0.25) is 0 Å². The highest BCUT2D eigenvalue weighted by Gasteiger charge is 2.10. The summed E-state index contributed by atoms with van der Waals surface area (Å²) in [5, 5.41) is 0. The molecule has 2 heteroatoms. The van der Waals surface area contributed by atoms with E-state index in [2.05, 4.69) is 0 Å². The number of rotatable bonds is 3. The van der Waals surface area contributed by atoms with E-state index in [1.54, 1.807) is 4.90 Å². The zero-order valence-electron chi connectivity index (χ0n) is 9.84. The molecule has 0 atom stereocenters. The van der Waals surface area contributed by atoms with E-state index >= 15 is 0 Å². The van der Waals surface area contributed by atoms with Crippen LogP contribution in [0.1, 0.15) is 15.9 Å². The molecule has 2 nitrogen and oxygen atoms in total. The molecule has 2 rings (SSSR count). The molecule has 0 N–H and O–H groups in total. The average molecular weight is 224 g/mol. The van der Waals surface area contributed by atoms with Crippen molar-refractivity contribution in [1.82, 2.24) is 4.90 Å². The zero-order valence-corrected chi connectivity index (χ0v) is 9.84. The second kappa shape index (κ2) is 5.30. The van der Waals surface area contributed by atoms with E-state index in [9.17, 15) is 4.79 Å². The molecule has 2 aromatic carbocycles. The third-order valence-electron chi connectivity index (χ3n) is 2.63. The number of nitrogens with zero attached hydrogens (tertiary/aromatic N) is 1. The third kappa shape index (κ3) is 2.94. The molecule has 0 saturated carbocycles. The molecule has 0 aliphatic heterocycles. The predicted molar refractivity (Wildman–Crippen MR) is 68.7 cm³/mol. The topological polar surface area (TPSA) is 20.3 Å². The first kappa shape index (κ1) is 11.4. The van der Waals surface area contributed by atoms with Gasteiger partial charge in [-0.25, -0.2) is 0 Å². The van der Waals surface area contributed by atoms with Crippen molar-refractivity contribution < 1.29 is 4.79 Å². The minimum Gasteiger partial charge on any atom is -0.337 e. The summed E-state index contributed by atoms with van der Waals surface area (Å²) in [6.45, 7) is 0.633. The summed E-state index contributed by atoms with van der Waals surface area (Å²) in [4.78, 5) is 13.8. The summed E-state index contributed by atoms with van der Waals surface area (Å²) in [5.41, 5.74) is 1.87. The number of amides is 1. The predicted octanol–water partition coefficient (Wildman–Crippen LogP) is 2.96. The van der Waals surface area contributed by atoms with Crippen LogP contribution in [0.4, 0.5) is 0 Å². The van der Waals surface area contributed by atoms with Crippen molar-refractivity contribution in [2.45, 2.75) is 6.54 Å². The summed E-state index contributed by atoms with van der Waals surface area (Å²) in [5.74, 6) is 0.0504. The Labute approximate surface area is 102 Å². The first-order chi connectivity index (χ1) is 8.27. The Balaban J connectivity index is 2.06. The molecule has 0 unspecified atom stereocenters. The van der Waals surface area contributed by atoms with E-state index in [1.807, 2.05) is 67.7 Å². The molecule has 0 fully saturated rings. The van der Waals surface area contributed by atoms with Gasteiger partial charge >= 0.3 is 0 Å². The average Bonchev–Trinajstić information content (AvgIpc) is 2.40. The van der Waals surface area contributed by atoms with Gasteiger partial charge in [0.05, 0.1) is 0 Å². The molecule has 1 amide bonds. The van der Waals surface area contributed by atoms with Crippen molar-refractivity contribution >= 4 is 5.91 Å². The SMILES string of the molecule is CN(Cc1ccccc1)[11C](=O)c1ccccc1. The highest BCUT2D eigenvalue weighted by atomic mass is 16.1. The normalized spacial score (nSPS) is 9.94. The van der Waals surface area contributed by atoms with Crippen LogP contribution in [0, 0.1) is 0 Å². The maximum absolute atomic E-state index is 12.1. The fourth-order valence-electron chi connectivity index (χ4n) is 1.73. The fourth-order valence-corrected chi connectivity index (χ4v) is 1.73. The van der Waals surface area contributed by atoms with Gasteiger partial charge in [0.1, 0.15) is 0 Å². The number of carbonyl (C=O) groups excluding carboxylic acids is 1. The van der Waals surface area contributed by atoms with Crippen LogP contribution < -0.4 is 0 Å². The van der Waals surface area contributed by atoms with Crippen molar-refractivity contribution in [2.24, 2.45) is 0 Å². The lowest BCUT2D eigenvalue weighted by atomic mass is 9.86. The van der Waals surface area contributed by atoms with E-state index in [4.69, 9.17) is 0 Å². The molecule has 17 heavy (non-hydrogen) atoms. The van der Waals surface area contributed by atoms with Crippen molar-refractivity contribution in [3.63, 3.8) is 0 Å². The van der Waals surface area contributed by atoms with Gasteiger partial charge in [-0.05, 0) is 17.7 Å². The quantitative estimate of drug-likeness (QED) is 0.785. The minimum atomic E-state index is 0.0504. The Morgan fingerprint density at radius 1 is 0.941 bits per heavy atom. The van der Waals surface area contributed by atoms with Crippen molar-refractivity contribution in [1.29, 1.82) is 0 Å². The van der Waals surface area contributed by atoms with Gasteiger partial charge in [-0.15, -0.1) is 0 Å². The Kier molecular flexibility index (Phi) is 3.55. The summed E-state index contributed by atoms with van der Waals surface area (Å²) < 4.78 is 0. The molecular formula is C15H15NO. The number of hydrogen-bond acceptors (Lipinski definition) is 1. The third-order valence-corrected chi connectivity index (χ3v) is 2.63. The van der Waals surface area contributed by atoms with Crippen LogP contribution in [0.15, 0.2) is 60.7 Å². The molecule has 0 aromatic heterocycles. The summed E-state index contributed by atoms with van der Waals surface area (Å²) in [7, 11) is 1.82. The highest BCUT2D eigenvalue weighted by molar-refractivity contribution is 5.93. The zero-order chi connectivity index (χ0) is 12.1. The van der Waals surface area contributed by atoms with E-state index in [0.717, 1.165) is 11.1 Å². The van der Waals surface area contributed by atoms with Gasteiger partial charge in [0.15, 0.2) is 0 Å². The lowest BCUT2D eigenvalue weighted by molar-refractivity contribution is 0.0785. The fraction of sp³-hybridized carbons (Fsp3) is 0.133. The van der Waals surface area contributed by atoms with Gasteiger partial charge in [0.25, 0.3) is 5.91 Å². The maximum Gasteiger partial charge on any atom is 0.253 e. The molecule has 0 heterocycles. The second-order valence-electron chi connectivity index (χ2n) is 4.01. The number of hydrogen-bond donors (Lipinski definition) is 0. The van der Waals surface area contributed by atoms with Gasteiger partial charge < -0.3 is 4.90 Å². The number of carbonyl (C=O) groups is 1. The van der Waals surface area contributed by atoms with Gasteiger partial charge in [-0.2, -0.15) is 0 Å². The standard InChI is InChI=1S/C15H15NO/c1-16(12-13-8-4-2-5-9-13)15(17)14-10-6-3-7-11-14/h2-11H,12H2,1H3/i15-1. The van der Waals surface area contributed by atoms with E-state index < -0.39 is 0 Å². The van der Waals surface area contributed by atoms with E-state index in [-0.39, 0.29) is 5.91 Å². The van der Waals surface area contributed by atoms with Crippen molar-refractivity contribution in [3.05, 3.63) is 71.8 Å². The van der Waals surface area contributed by atoms with Crippen LogP contribution in [-0.4, -0.2) is 17.9 Å². The largest absolute Gasteiger partial charge is 0.337 e. The first-order valence-electron chi connectivity index (χ1n) is 5.62. The van der Waals surface area contributed by atoms with Gasteiger partial charge in [-0.1, -0.05) is 48.5 Å². The summed E-state index contributed by atoms with van der Waals surface area (Å²) >= 11 is 0. The lowest BCUT2D eigenvalue weighted by Crippen LogP contribution is -2.26. The molecular weight excluding hydrogens is 209 g/mol. The Hall–Kier alpha value is -2.09. The van der Waals surface area contributed by atoms with E-state index in [1.165, 1.54) is 0 Å². The second-order valence-corrected chi connectivity index (χ2v) is 4.01. The molecule has 0 aliphatic carbocycles. The summed E-state index contributed by atoms with van der Waals surface area (Å²) in [6.07, 6.45) is 0. The molecule has 0 spiro atoms. The summed E-state index contributed by atoms with van der Waals surface area (Å²) in [6, 6.07) is 19.3. The van der Waals surface area contributed by atoms with Crippen LogP contribution in [0.2, 0.25) is 0 Å². The molecule has 0 radical (unpaired) electrons. The molecule has 0 saturated heterocycles. The molecule has 2 aromatic rings. The lowest BCUT2D eigenvalue weighted by Gasteiger charge is -2.17. The highest BCUT2D eigenvalue weighted by Crippen LogP contribution is 2.07. The Bertz CT molecular complexity index is 479. The minimum absolute atomic E-state index is 0.0504. The van der Waals surface area contributed by atoms with Crippen molar-refractivity contribution in [2.75, 3.05) is 7.05 Å². The van der Waals surface area contributed by atoms with Crippen molar-refractivity contribution in [3.8, 4) is 0 Å². The van der Waals surface area contributed by atoms with E-state index in [0.29, 0.717) is 6.54 Å². The monoisotopic (exact) mass is 224 g/mol. The van der Waals surface area contributed by atoms with Crippen LogP contribution in [0.25, 0.3) is 0 Å². The van der Waals surface area contributed by atoms with Crippen LogP contribution in [0.3, 0.4) is 0 Å². The maximum atomic E-state index is 12.1. The first-order valence-corrected chi connectivity index (χ1v) is 5.62. The Morgan fingerprint density at radius 2 is 1.47 bits per heavy atom. The molecule has 0 aliphatic rings. The van der Waals surface area contributed by atoms with Gasteiger partial charge in [0, 0.05) is 19.2 Å². The van der Waals surface area contributed by atoms with Crippen LogP contribution in [0.5, 0.6) is 0 Å². The van der Waals surface area contributed by atoms with Gasteiger partial charge in [-0.3, -0.25) is 4.79 Å². The van der Waals surface area contributed by atoms with Crippen LogP contribution in [-0.2, 0) is 6.54 Å². The smallest absolute Gasteiger partial charge is 0.253 e. The molecule has 86 valence electrons. The van der Waals surface area contributed by atoms with Crippen LogP contribution >= 0.6 is 0 Å². The molecule has 0 bridgehead atoms. The Morgan fingerprint density at radius 3 is 2.06 bits per heavy atom.